The Bertz CT molecular complexity index is 2750. The summed E-state index contributed by atoms with van der Waals surface area (Å²) in [5.74, 6) is -3.03. The number of amides is 2. The number of halogens is 2. The number of carbonyl (C=O) groups excluding carboxylic acids is 2. The van der Waals surface area contributed by atoms with E-state index in [1.807, 2.05) is 12.1 Å². The molecule has 61 heavy (non-hydrogen) atoms. The molecular weight excluding hydrogens is 859 g/mol. The molecule has 0 aliphatic rings. The average molecular weight is 888 g/mol. The summed E-state index contributed by atoms with van der Waals surface area (Å²) in [6, 6.07) is 42.9. The van der Waals surface area contributed by atoms with Gasteiger partial charge in [0, 0.05) is 43.3 Å². The van der Waals surface area contributed by atoms with E-state index in [1.165, 1.54) is 48.5 Å². The predicted octanol–water partition coefficient (Wildman–Crippen LogP) is 10.6. The fourth-order valence-electron chi connectivity index (χ4n) is 5.94. The fraction of sp³-hybridized carbons (Fsp3) is 0. The second-order valence-electron chi connectivity index (χ2n) is 12.9. The molecule has 2 amide bonds. The zero-order valence-corrected chi connectivity index (χ0v) is 34.0. The van der Waals surface area contributed by atoms with Crippen LogP contribution in [0.4, 0.5) is 34.1 Å². The molecule has 2 N–H and O–H groups in total. The number of benzene rings is 8. The predicted molar refractivity (Wildman–Crippen MR) is 226 cm³/mol. The summed E-state index contributed by atoms with van der Waals surface area (Å²) in [5.41, 5.74) is 0.952. The summed E-state index contributed by atoms with van der Waals surface area (Å²) < 4.78 is 0. The first-order chi connectivity index (χ1) is 29.0. The van der Waals surface area contributed by atoms with Crippen LogP contribution in [0.3, 0.4) is 0 Å². The molecule has 15 heteroatoms. The fourth-order valence-corrected chi connectivity index (χ4v) is 6.27. The van der Waals surface area contributed by atoms with E-state index in [0.717, 1.165) is 0 Å². The van der Waals surface area contributed by atoms with Crippen LogP contribution in [0.2, 0.25) is 10.0 Å². The number of para-hydroxylation sites is 2. The molecule has 301 valence electrons. The Morgan fingerprint density at radius 2 is 0.803 bits per heavy atom. The first kappa shape index (κ1) is 43.3. The molecule has 0 aliphatic carbocycles. The number of nitrogens with one attached hydrogen (secondary N) is 2. The number of fused-ring (bicyclic) bond motifs is 2. The first-order valence-electron chi connectivity index (χ1n) is 18.0. The van der Waals surface area contributed by atoms with E-state index in [0.29, 0.717) is 43.0 Å². The molecule has 0 bridgehead atoms. The molecule has 0 aliphatic heterocycles. The van der Waals surface area contributed by atoms with Gasteiger partial charge in [0.1, 0.15) is 0 Å². The van der Waals surface area contributed by atoms with Crippen LogP contribution in [0.5, 0.6) is 23.0 Å². The topological polar surface area (TPSA) is 200 Å². The Hall–Kier alpha value is -7.28. The van der Waals surface area contributed by atoms with E-state index in [-0.39, 0.29) is 62.4 Å². The van der Waals surface area contributed by atoms with Crippen LogP contribution < -0.4 is 31.1 Å². The second kappa shape index (κ2) is 19.6. The molecule has 0 spiro atoms. The van der Waals surface area contributed by atoms with Gasteiger partial charge in [0.2, 0.25) is 0 Å². The van der Waals surface area contributed by atoms with Crippen LogP contribution in [0.1, 0.15) is 20.7 Å². The zero-order chi connectivity index (χ0) is 42.2. The second-order valence-corrected chi connectivity index (χ2v) is 13.8. The van der Waals surface area contributed by atoms with Gasteiger partial charge >= 0.3 is 17.1 Å². The van der Waals surface area contributed by atoms with E-state index in [9.17, 15) is 30.0 Å². The van der Waals surface area contributed by atoms with Crippen LogP contribution in [0.15, 0.2) is 178 Å². The molecule has 0 saturated carbocycles. The minimum Gasteiger partial charge on any atom is -0.871 e. The van der Waals surface area contributed by atoms with Gasteiger partial charge in [0.05, 0.1) is 22.7 Å². The van der Waals surface area contributed by atoms with Crippen LogP contribution in [0, 0.1) is 0 Å². The van der Waals surface area contributed by atoms with Crippen molar-refractivity contribution < 1.29 is 47.1 Å². The molecule has 0 saturated heterocycles. The molecular formula is C46H28Cl2FeN6O6-. The molecule has 0 fully saturated rings. The standard InChI is InChI=1S/2C23H16ClN3O3.Fe/c2*24-15-10-11-20(28)19(13-15)26-27-21-17-9-5-4-6-14(17)12-18(22(21)29)23(30)25-16-7-2-1-3-8-16;/h2*1-13,28-29H,(H,25,30);/q;;+3/p-4. The minimum atomic E-state index is -0.583. The smallest absolute Gasteiger partial charge is 0.871 e. The Morgan fingerprint density at radius 3 is 1.20 bits per heavy atom. The number of azo groups is 2. The van der Waals surface area contributed by atoms with Crippen molar-refractivity contribution in [2.45, 2.75) is 0 Å². The van der Waals surface area contributed by atoms with Crippen molar-refractivity contribution in [2.24, 2.45) is 20.5 Å². The van der Waals surface area contributed by atoms with Gasteiger partial charge in [-0.15, -0.1) is 0 Å². The Labute approximate surface area is 369 Å². The van der Waals surface area contributed by atoms with Gasteiger partial charge in [0.25, 0.3) is 11.8 Å². The number of hydrogen-bond donors (Lipinski definition) is 2. The van der Waals surface area contributed by atoms with Gasteiger partial charge in [-0.3, -0.25) is 9.59 Å². The molecule has 0 unspecified atom stereocenters. The minimum absolute atomic E-state index is 0. The van der Waals surface area contributed by atoms with Crippen molar-refractivity contribution in [1.82, 2.24) is 0 Å². The Morgan fingerprint density at radius 1 is 0.443 bits per heavy atom. The maximum atomic E-state index is 13.1. The van der Waals surface area contributed by atoms with E-state index < -0.39 is 23.3 Å². The summed E-state index contributed by atoms with van der Waals surface area (Å²) >= 11 is 11.8. The Kier molecular flexibility index (Phi) is 13.9. The normalized spacial score (nSPS) is 10.9. The molecule has 8 aromatic carbocycles. The molecule has 8 aromatic rings. The third-order valence-corrected chi connectivity index (χ3v) is 9.33. The van der Waals surface area contributed by atoms with Crippen LogP contribution in [0.25, 0.3) is 21.5 Å². The van der Waals surface area contributed by atoms with Gasteiger partial charge in [-0.25, -0.2) is 0 Å². The summed E-state index contributed by atoms with van der Waals surface area (Å²) in [5, 5.41) is 74.4. The number of nitrogens with zero attached hydrogens (tertiary/aromatic N) is 4. The summed E-state index contributed by atoms with van der Waals surface area (Å²) in [4.78, 5) is 25.5. The van der Waals surface area contributed by atoms with Crippen molar-refractivity contribution >= 4 is 90.7 Å². The number of anilines is 2. The third-order valence-electron chi connectivity index (χ3n) is 8.86. The Balaban J connectivity index is 0.000000201. The first-order valence-corrected chi connectivity index (χ1v) is 18.8. The van der Waals surface area contributed by atoms with Crippen molar-refractivity contribution in [2.75, 3.05) is 10.6 Å². The van der Waals surface area contributed by atoms with Crippen molar-refractivity contribution in [3.63, 3.8) is 0 Å². The van der Waals surface area contributed by atoms with Crippen molar-refractivity contribution in [3.8, 4) is 23.0 Å². The van der Waals surface area contributed by atoms with E-state index in [4.69, 9.17) is 23.2 Å². The van der Waals surface area contributed by atoms with E-state index >= 15 is 0 Å². The monoisotopic (exact) mass is 886 g/mol. The van der Waals surface area contributed by atoms with E-state index in [1.54, 1.807) is 97.1 Å². The number of carbonyl (C=O) groups is 2. The summed E-state index contributed by atoms with van der Waals surface area (Å²) in [6.07, 6.45) is 0. The van der Waals surface area contributed by atoms with Crippen molar-refractivity contribution in [3.05, 3.63) is 179 Å². The zero-order valence-electron chi connectivity index (χ0n) is 31.4. The third kappa shape index (κ3) is 10.3. The molecule has 8 rings (SSSR count). The van der Waals surface area contributed by atoms with Gasteiger partial charge in [0.15, 0.2) is 0 Å². The van der Waals surface area contributed by atoms with Gasteiger partial charge in [-0.1, -0.05) is 143 Å². The van der Waals surface area contributed by atoms with E-state index in [2.05, 4.69) is 31.1 Å². The van der Waals surface area contributed by atoms with Crippen molar-refractivity contribution in [1.29, 1.82) is 0 Å². The quantitative estimate of drug-likeness (QED) is 0.112. The van der Waals surface area contributed by atoms with Crippen LogP contribution in [-0.2, 0) is 17.1 Å². The van der Waals surface area contributed by atoms with Gasteiger partial charge in [-0.2, -0.15) is 20.5 Å². The molecule has 12 nitrogen and oxygen atoms in total. The van der Waals surface area contributed by atoms with Crippen LogP contribution >= 0.6 is 23.2 Å². The average Bonchev–Trinajstić information content (AvgIpc) is 3.25. The number of hydrogen-bond acceptors (Lipinski definition) is 10. The summed E-state index contributed by atoms with van der Waals surface area (Å²) in [7, 11) is 0. The molecule has 0 aromatic heterocycles. The largest absolute Gasteiger partial charge is 3.00 e. The van der Waals surface area contributed by atoms with Gasteiger partial charge < -0.3 is 31.1 Å². The SMILES string of the molecule is O=C(Nc1ccccc1)c1cc2ccccc2c(N=Nc2cc(Cl)ccc2[O-])c1[O-].O=C(Nc1ccccc1)c1cc2ccccc2c(N=Nc2cc(Cl)ccc2[O-])c1[O-].[Fe+3]. The maximum absolute atomic E-state index is 13.1. The molecule has 0 heterocycles. The molecule has 1 radical (unpaired) electrons. The van der Waals surface area contributed by atoms with Gasteiger partial charge in [-0.05, 0) is 71.4 Å². The molecule has 0 atom stereocenters. The summed E-state index contributed by atoms with van der Waals surface area (Å²) in [6.45, 7) is 0. The maximum Gasteiger partial charge on any atom is 3.00 e. The number of rotatable bonds is 8. The van der Waals surface area contributed by atoms with Crippen LogP contribution in [-0.4, -0.2) is 11.8 Å².